The molecule has 0 amide bonds. The van der Waals surface area contributed by atoms with Crippen molar-refractivity contribution in [3.63, 3.8) is 0 Å². The number of phenols is 1. The molecule has 0 unspecified atom stereocenters. The Morgan fingerprint density at radius 1 is 1.45 bits per heavy atom. The van der Waals surface area contributed by atoms with Gasteiger partial charge in [0.25, 0.3) is 0 Å². The number of benzene rings is 1. The van der Waals surface area contributed by atoms with E-state index in [-0.39, 0.29) is 10.8 Å². The maximum atomic E-state index is 9.12. The summed E-state index contributed by atoms with van der Waals surface area (Å²) in [4.78, 5) is 3.86. The van der Waals surface area contributed by atoms with Crippen LogP contribution in [0.1, 0.15) is 0 Å². The monoisotopic (exact) mass is 169 g/mol. The topological polar surface area (TPSA) is 46.3 Å². The average Bonchev–Trinajstić information content (AvgIpc) is 2.36. The van der Waals surface area contributed by atoms with Crippen LogP contribution in [0.4, 0.5) is 0 Å². The van der Waals surface area contributed by atoms with Crippen molar-refractivity contribution in [2.45, 2.75) is 0 Å². The van der Waals surface area contributed by atoms with Gasteiger partial charge in [0.15, 0.2) is 12.0 Å². The van der Waals surface area contributed by atoms with Gasteiger partial charge < -0.3 is 9.52 Å². The van der Waals surface area contributed by atoms with Crippen LogP contribution in [0.5, 0.6) is 5.75 Å². The van der Waals surface area contributed by atoms with E-state index in [0.717, 1.165) is 0 Å². The molecule has 0 bridgehead atoms. The zero-order valence-corrected chi connectivity index (χ0v) is 6.17. The molecule has 0 aliphatic rings. The number of aromatic hydroxyl groups is 1. The molecule has 0 fully saturated rings. The molecule has 56 valence electrons. The second-order valence-corrected chi connectivity index (χ2v) is 2.53. The first kappa shape index (κ1) is 6.49. The lowest BCUT2D eigenvalue weighted by Crippen LogP contribution is -1.69. The fourth-order valence-corrected chi connectivity index (χ4v) is 1.03. The van der Waals surface area contributed by atoms with E-state index >= 15 is 0 Å². The van der Waals surface area contributed by atoms with E-state index in [4.69, 9.17) is 21.1 Å². The SMILES string of the molecule is Oc1cc2ocnc2cc1Cl. The van der Waals surface area contributed by atoms with Gasteiger partial charge in [0.1, 0.15) is 11.3 Å². The van der Waals surface area contributed by atoms with Crippen LogP contribution in [-0.4, -0.2) is 10.1 Å². The summed E-state index contributed by atoms with van der Waals surface area (Å²) < 4.78 is 4.92. The van der Waals surface area contributed by atoms with Crippen molar-refractivity contribution in [2.75, 3.05) is 0 Å². The number of hydrogen-bond acceptors (Lipinski definition) is 3. The zero-order chi connectivity index (χ0) is 7.84. The molecule has 2 rings (SSSR count). The summed E-state index contributed by atoms with van der Waals surface area (Å²) in [7, 11) is 0. The molecule has 0 spiro atoms. The average molecular weight is 170 g/mol. The van der Waals surface area contributed by atoms with E-state index in [2.05, 4.69) is 4.98 Å². The lowest BCUT2D eigenvalue weighted by molar-refractivity contribution is 0.474. The van der Waals surface area contributed by atoms with E-state index in [1.54, 1.807) is 6.07 Å². The van der Waals surface area contributed by atoms with Crippen LogP contribution in [0.3, 0.4) is 0 Å². The predicted molar refractivity (Wildman–Crippen MR) is 40.7 cm³/mol. The Balaban J connectivity index is 2.86. The second kappa shape index (κ2) is 2.13. The Bertz CT molecular complexity index is 360. The second-order valence-electron chi connectivity index (χ2n) is 2.12. The quantitative estimate of drug-likeness (QED) is 0.658. The van der Waals surface area contributed by atoms with Crippen LogP contribution in [0.25, 0.3) is 11.1 Å². The van der Waals surface area contributed by atoms with Crippen molar-refractivity contribution in [2.24, 2.45) is 0 Å². The number of nitrogens with zero attached hydrogens (tertiary/aromatic N) is 1. The number of halogens is 1. The Kier molecular flexibility index (Phi) is 1.26. The van der Waals surface area contributed by atoms with Gasteiger partial charge in [0.2, 0.25) is 0 Å². The summed E-state index contributed by atoms with van der Waals surface area (Å²) in [6.07, 6.45) is 1.31. The number of hydrogen-bond donors (Lipinski definition) is 1. The minimum absolute atomic E-state index is 0.0101. The molecule has 0 saturated heterocycles. The molecule has 3 nitrogen and oxygen atoms in total. The van der Waals surface area contributed by atoms with Gasteiger partial charge in [0.05, 0.1) is 5.02 Å². The minimum Gasteiger partial charge on any atom is -0.506 e. The van der Waals surface area contributed by atoms with E-state index in [1.807, 2.05) is 0 Å². The summed E-state index contributed by atoms with van der Waals surface area (Å²) >= 11 is 5.61. The van der Waals surface area contributed by atoms with Crippen LogP contribution in [0.2, 0.25) is 5.02 Å². The van der Waals surface area contributed by atoms with E-state index in [1.165, 1.54) is 12.5 Å². The summed E-state index contributed by atoms with van der Waals surface area (Å²) in [6.45, 7) is 0. The highest BCUT2D eigenvalue weighted by atomic mass is 35.5. The maximum Gasteiger partial charge on any atom is 0.181 e. The number of aromatic nitrogens is 1. The van der Waals surface area contributed by atoms with E-state index < -0.39 is 0 Å². The molecule has 4 heteroatoms. The van der Waals surface area contributed by atoms with Crippen LogP contribution in [-0.2, 0) is 0 Å². The predicted octanol–water partition coefficient (Wildman–Crippen LogP) is 2.19. The van der Waals surface area contributed by atoms with Gasteiger partial charge >= 0.3 is 0 Å². The molecule has 1 N–H and O–H groups in total. The highest BCUT2D eigenvalue weighted by Gasteiger charge is 2.03. The van der Waals surface area contributed by atoms with Gasteiger partial charge in [0, 0.05) is 6.07 Å². The van der Waals surface area contributed by atoms with Crippen LogP contribution in [0.15, 0.2) is 22.9 Å². The molecule has 2 aromatic rings. The third-order valence-corrected chi connectivity index (χ3v) is 1.70. The Morgan fingerprint density at radius 3 is 3.09 bits per heavy atom. The van der Waals surface area contributed by atoms with Gasteiger partial charge in [-0.3, -0.25) is 0 Å². The molecule has 1 heterocycles. The molecule has 0 aliphatic heterocycles. The van der Waals surface area contributed by atoms with Crippen LogP contribution in [0, 0.1) is 0 Å². The van der Waals surface area contributed by atoms with Gasteiger partial charge in [-0.2, -0.15) is 0 Å². The molecule has 0 saturated carbocycles. The summed E-state index contributed by atoms with van der Waals surface area (Å²) in [5.41, 5.74) is 1.18. The lowest BCUT2D eigenvalue weighted by Gasteiger charge is -1.92. The van der Waals surface area contributed by atoms with Crippen molar-refractivity contribution in [3.8, 4) is 5.75 Å². The highest BCUT2D eigenvalue weighted by Crippen LogP contribution is 2.27. The van der Waals surface area contributed by atoms with E-state index in [0.29, 0.717) is 11.1 Å². The van der Waals surface area contributed by atoms with Crippen molar-refractivity contribution >= 4 is 22.7 Å². The number of rotatable bonds is 0. The molecule has 0 radical (unpaired) electrons. The number of oxazole rings is 1. The first-order valence-corrected chi connectivity index (χ1v) is 3.37. The Labute approximate surface area is 67.2 Å². The van der Waals surface area contributed by atoms with Crippen molar-refractivity contribution in [3.05, 3.63) is 23.5 Å². The molecular formula is C7H4ClNO2. The van der Waals surface area contributed by atoms with Gasteiger partial charge in [-0.05, 0) is 6.07 Å². The van der Waals surface area contributed by atoms with Crippen molar-refractivity contribution < 1.29 is 9.52 Å². The summed E-state index contributed by atoms with van der Waals surface area (Å²) in [5, 5.41) is 9.40. The minimum atomic E-state index is 0.0101. The zero-order valence-electron chi connectivity index (χ0n) is 5.41. The molecule has 1 aromatic carbocycles. The standard InChI is InChI=1S/C7H4ClNO2/c8-4-1-5-7(2-6(4)10)11-3-9-5/h1-3,10H. The molecule has 0 aliphatic carbocycles. The van der Waals surface area contributed by atoms with Gasteiger partial charge in [-0.25, -0.2) is 4.98 Å². The molecule has 11 heavy (non-hydrogen) atoms. The molecule has 0 atom stereocenters. The van der Waals surface area contributed by atoms with Crippen LogP contribution < -0.4 is 0 Å². The largest absolute Gasteiger partial charge is 0.506 e. The Morgan fingerprint density at radius 2 is 2.27 bits per heavy atom. The lowest BCUT2D eigenvalue weighted by atomic mass is 10.3. The molecular weight excluding hydrogens is 166 g/mol. The van der Waals surface area contributed by atoms with Gasteiger partial charge in [-0.15, -0.1) is 0 Å². The third kappa shape index (κ3) is 0.935. The fraction of sp³-hybridized carbons (Fsp3) is 0. The molecule has 1 aromatic heterocycles. The normalized spacial score (nSPS) is 10.6. The van der Waals surface area contributed by atoms with E-state index in [9.17, 15) is 0 Å². The first-order chi connectivity index (χ1) is 5.27. The van der Waals surface area contributed by atoms with Crippen molar-refractivity contribution in [1.29, 1.82) is 0 Å². The summed E-state index contributed by atoms with van der Waals surface area (Å²) in [6, 6.07) is 2.99. The number of phenolic OH excluding ortho intramolecular Hbond substituents is 1. The van der Waals surface area contributed by atoms with Crippen molar-refractivity contribution in [1.82, 2.24) is 4.98 Å². The van der Waals surface area contributed by atoms with Crippen LogP contribution >= 0.6 is 11.6 Å². The fourth-order valence-electron chi connectivity index (χ4n) is 0.867. The third-order valence-electron chi connectivity index (χ3n) is 1.40. The smallest absolute Gasteiger partial charge is 0.181 e. The first-order valence-electron chi connectivity index (χ1n) is 2.99. The highest BCUT2D eigenvalue weighted by molar-refractivity contribution is 6.32. The summed E-state index contributed by atoms with van der Waals surface area (Å²) in [5.74, 6) is 0.0101. The van der Waals surface area contributed by atoms with Gasteiger partial charge in [-0.1, -0.05) is 11.6 Å². The maximum absolute atomic E-state index is 9.12. The Hall–Kier alpha value is -1.22. The number of fused-ring (bicyclic) bond motifs is 1.